The second kappa shape index (κ2) is 5.17. The number of oxazole rings is 1. The highest BCUT2D eigenvalue weighted by molar-refractivity contribution is 6.06. The van der Waals surface area contributed by atoms with Crippen molar-refractivity contribution in [1.82, 2.24) is 9.97 Å². The second-order valence-corrected chi connectivity index (χ2v) is 6.38. The van der Waals surface area contributed by atoms with Gasteiger partial charge in [-0.1, -0.05) is 0 Å². The maximum absolute atomic E-state index is 13.3. The van der Waals surface area contributed by atoms with E-state index in [0.29, 0.717) is 28.2 Å². The van der Waals surface area contributed by atoms with Gasteiger partial charge in [0.25, 0.3) is 5.91 Å². The van der Waals surface area contributed by atoms with Crippen LogP contribution in [0.2, 0.25) is 0 Å². The number of aromatic amines is 1. The van der Waals surface area contributed by atoms with E-state index in [0.717, 1.165) is 29.8 Å². The number of rotatable bonds is 3. The fraction of sp³-hybridized carbons (Fsp3) is 0.158. The van der Waals surface area contributed by atoms with Crippen molar-refractivity contribution in [2.75, 3.05) is 5.32 Å². The summed E-state index contributed by atoms with van der Waals surface area (Å²) < 4.78 is 19.0. The average Bonchev–Trinajstić information content (AvgIpc) is 3.22. The Morgan fingerprint density at radius 1 is 1.20 bits per heavy atom. The first-order chi connectivity index (χ1) is 12.2. The maximum atomic E-state index is 13.3. The van der Waals surface area contributed by atoms with Gasteiger partial charge in [0.1, 0.15) is 17.0 Å². The molecule has 1 aliphatic carbocycles. The van der Waals surface area contributed by atoms with Crippen LogP contribution in [0.5, 0.6) is 0 Å². The van der Waals surface area contributed by atoms with Gasteiger partial charge in [0, 0.05) is 22.5 Å². The third kappa shape index (κ3) is 2.55. The van der Waals surface area contributed by atoms with Gasteiger partial charge in [0.2, 0.25) is 0 Å². The molecule has 2 N–H and O–H groups in total. The largest absolute Gasteiger partial charge is 0.440 e. The monoisotopic (exact) mass is 335 g/mol. The third-order valence-corrected chi connectivity index (χ3v) is 4.42. The molecule has 5 rings (SSSR count). The highest BCUT2D eigenvalue weighted by Gasteiger charge is 2.28. The Labute approximate surface area is 141 Å². The lowest BCUT2D eigenvalue weighted by Gasteiger charge is -2.02. The van der Waals surface area contributed by atoms with Crippen LogP contribution in [-0.2, 0) is 0 Å². The van der Waals surface area contributed by atoms with Crippen molar-refractivity contribution in [3.63, 3.8) is 0 Å². The van der Waals surface area contributed by atoms with Crippen LogP contribution in [-0.4, -0.2) is 15.9 Å². The number of carbonyl (C=O) groups excluding carboxylic acids is 1. The van der Waals surface area contributed by atoms with Crippen molar-refractivity contribution in [2.24, 2.45) is 0 Å². The SMILES string of the molecule is O=C(Nc1ccc2oc(C3CC3)nc2c1)c1cc2cc(F)ccc2[nH]1. The smallest absolute Gasteiger partial charge is 0.272 e. The minimum absolute atomic E-state index is 0.290. The number of carbonyl (C=O) groups is 1. The molecule has 1 saturated carbocycles. The lowest BCUT2D eigenvalue weighted by atomic mass is 10.2. The summed E-state index contributed by atoms with van der Waals surface area (Å²) in [6.45, 7) is 0. The van der Waals surface area contributed by atoms with E-state index in [1.54, 1.807) is 24.3 Å². The summed E-state index contributed by atoms with van der Waals surface area (Å²) >= 11 is 0. The molecular formula is C19H14FN3O2. The Balaban J connectivity index is 1.42. The minimum Gasteiger partial charge on any atom is -0.440 e. The second-order valence-electron chi connectivity index (χ2n) is 6.38. The highest BCUT2D eigenvalue weighted by Crippen LogP contribution is 2.40. The number of halogens is 1. The molecule has 0 aliphatic heterocycles. The van der Waals surface area contributed by atoms with E-state index in [-0.39, 0.29) is 11.7 Å². The van der Waals surface area contributed by atoms with Crippen LogP contribution in [0.1, 0.15) is 35.1 Å². The number of anilines is 1. The predicted molar refractivity (Wildman–Crippen MR) is 92.2 cm³/mol. The summed E-state index contributed by atoms with van der Waals surface area (Å²) in [6, 6.07) is 11.4. The van der Waals surface area contributed by atoms with Crippen LogP contribution in [0.3, 0.4) is 0 Å². The first-order valence-corrected chi connectivity index (χ1v) is 8.16. The van der Waals surface area contributed by atoms with Gasteiger partial charge in [-0.25, -0.2) is 9.37 Å². The van der Waals surface area contributed by atoms with Gasteiger partial charge in [0.05, 0.1) is 0 Å². The number of aromatic nitrogens is 2. The zero-order valence-corrected chi connectivity index (χ0v) is 13.2. The molecule has 0 unspecified atom stereocenters. The highest BCUT2D eigenvalue weighted by atomic mass is 19.1. The van der Waals surface area contributed by atoms with Crippen LogP contribution in [0.15, 0.2) is 46.9 Å². The number of hydrogen-bond acceptors (Lipinski definition) is 3. The molecule has 0 bridgehead atoms. The molecule has 0 atom stereocenters. The van der Waals surface area contributed by atoms with Crippen molar-refractivity contribution >= 4 is 33.6 Å². The normalized spacial score (nSPS) is 14.3. The maximum Gasteiger partial charge on any atom is 0.272 e. The van der Waals surface area contributed by atoms with Gasteiger partial charge in [-0.2, -0.15) is 0 Å². The lowest BCUT2D eigenvalue weighted by Crippen LogP contribution is -2.12. The van der Waals surface area contributed by atoms with Crippen LogP contribution in [0.25, 0.3) is 22.0 Å². The molecule has 0 spiro atoms. The van der Waals surface area contributed by atoms with Crippen molar-refractivity contribution in [2.45, 2.75) is 18.8 Å². The first-order valence-electron chi connectivity index (χ1n) is 8.16. The Morgan fingerprint density at radius 2 is 2.08 bits per heavy atom. The molecular weight excluding hydrogens is 321 g/mol. The lowest BCUT2D eigenvalue weighted by molar-refractivity contribution is 0.102. The van der Waals surface area contributed by atoms with Gasteiger partial charge in [-0.15, -0.1) is 0 Å². The van der Waals surface area contributed by atoms with Crippen LogP contribution >= 0.6 is 0 Å². The summed E-state index contributed by atoms with van der Waals surface area (Å²) in [6.07, 6.45) is 2.24. The molecule has 1 aliphatic rings. The number of amides is 1. The number of fused-ring (bicyclic) bond motifs is 2. The molecule has 0 saturated heterocycles. The summed E-state index contributed by atoms with van der Waals surface area (Å²) in [7, 11) is 0. The molecule has 0 radical (unpaired) electrons. The molecule has 4 aromatic rings. The van der Waals surface area contributed by atoms with E-state index in [1.165, 1.54) is 12.1 Å². The summed E-state index contributed by atoms with van der Waals surface area (Å²) in [5.74, 6) is 0.594. The van der Waals surface area contributed by atoms with E-state index < -0.39 is 0 Å². The molecule has 1 amide bonds. The number of nitrogens with zero attached hydrogens (tertiary/aromatic N) is 1. The zero-order chi connectivity index (χ0) is 17.0. The Hall–Kier alpha value is -3.15. The minimum atomic E-state index is -0.332. The first kappa shape index (κ1) is 14.2. The van der Waals surface area contributed by atoms with Crippen molar-refractivity contribution < 1.29 is 13.6 Å². The van der Waals surface area contributed by atoms with E-state index in [2.05, 4.69) is 15.3 Å². The van der Waals surface area contributed by atoms with Gasteiger partial charge >= 0.3 is 0 Å². The topological polar surface area (TPSA) is 70.9 Å². The Kier molecular flexibility index (Phi) is 2.94. The fourth-order valence-corrected chi connectivity index (χ4v) is 2.95. The molecule has 6 heteroatoms. The van der Waals surface area contributed by atoms with Crippen molar-refractivity contribution in [3.8, 4) is 0 Å². The summed E-state index contributed by atoms with van der Waals surface area (Å²) in [5.41, 5.74) is 3.18. The van der Waals surface area contributed by atoms with E-state index in [1.807, 2.05) is 6.07 Å². The standard InChI is InChI=1S/C19H14FN3O2/c20-12-3-5-14-11(7-12)8-16(22-14)18(24)21-13-4-6-17-15(9-13)23-19(25-17)10-1-2-10/h3-10,22H,1-2H2,(H,21,24). The quantitative estimate of drug-likeness (QED) is 0.576. The van der Waals surface area contributed by atoms with Gasteiger partial charge in [-0.3, -0.25) is 4.79 Å². The van der Waals surface area contributed by atoms with E-state index in [9.17, 15) is 9.18 Å². The Morgan fingerprint density at radius 3 is 2.92 bits per heavy atom. The number of nitrogens with one attached hydrogen (secondary N) is 2. The number of benzene rings is 2. The van der Waals surface area contributed by atoms with Gasteiger partial charge in [0.15, 0.2) is 11.5 Å². The van der Waals surface area contributed by atoms with Gasteiger partial charge < -0.3 is 14.7 Å². The van der Waals surface area contributed by atoms with E-state index in [4.69, 9.17) is 4.42 Å². The number of hydrogen-bond donors (Lipinski definition) is 2. The summed E-state index contributed by atoms with van der Waals surface area (Å²) in [4.78, 5) is 19.9. The van der Waals surface area contributed by atoms with Crippen molar-refractivity contribution in [3.05, 3.63) is 59.9 Å². The van der Waals surface area contributed by atoms with Crippen LogP contribution < -0.4 is 5.32 Å². The van der Waals surface area contributed by atoms with Crippen molar-refractivity contribution in [1.29, 1.82) is 0 Å². The molecule has 1 fully saturated rings. The fourth-order valence-electron chi connectivity index (χ4n) is 2.95. The number of H-pyrrole nitrogens is 1. The third-order valence-electron chi connectivity index (χ3n) is 4.42. The molecule has 124 valence electrons. The van der Waals surface area contributed by atoms with Gasteiger partial charge in [-0.05, 0) is 55.3 Å². The average molecular weight is 335 g/mol. The predicted octanol–water partition coefficient (Wildman–Crippen LogP) is 4.58. The van der Waals surface area contributed by atoms with Crippen LogP contribution in [0, 0.1) is 5.82 Å². The molecule has 25 heavy (non-hydrogen) atoms. The molecule has 2 heterocycles. The molecule has 2 aromatic carbocycles. The summed E-state index contributed by atoms with van der Waals surface area (Å²) in [5, 5.41) is 3.49. The Bertz CT molecular complexity index is 1120. The molecule has 2 aromatic heterocycles. The van der Waals surface area contributed by atoms with E-state index >= 15 is 0 Å². The zero-order valence-electron chi connectivity index (χ0n) is 13.2. The molecule has 5 nitrogen and oxygen atoms in total. The van der Waals surface area contributed by atoms with Crippen LogP contribution in [0.4, 0.5) is 10.1 Å².